The predicted molar refractivity (Wildman–Crippen MR) is 106 cm³/mol. The molecule has 0 saturated carbocycles. The van der Waals surface area contributed by atoms with Gasteiger partial charge in [0, 0.05) is 30.8 Å². The zero-order valence-corrected chi connectivity index (χ0v) is 15.9. The first-order valence-corrected chi connectivity index (χ1v) is 9.45. The number of fused-ring (bicyclic) bond motifs is 1. The third-order valence-electron chi connectivity index (χ3n) is 5.52. The number of rotatable bonds is 5. The monoisotopic (exact) mass is 335 g/mol. The van der Waals surface area contributed by atoms with Crippen LogP contribution in [0.25, 0.3) is 0 Å². The number of benzene rings is 2. The highest BCUT2D eigenvalue weighted by atomic mass is 16.1. The van der Waals surface area contributed by atoms with Crippen molar-refractivity contribution in [3.8, 4) is 0 Å². The third-order valence-corrected chi connectivity index (χ3v) is 5.52. The van der Waals surface area contributed by atoms with Crippen LogP contribution in [-0.4, -0.2) is 12.3 Å². The van der Waals surface area contributed by atoms with Crippen LogP contribution in [0, 0.1) is 0 Å². The van der Waals surface area contributed by atoms with Crippen LogP contribution >= 0.6 is 0 Å². The van der Waals surface area contributed by atoms with Crippen molar-refractivity contribution in [2.45, 2.75) is 58.9 Å². The van der Waals surface area contributed by atoms with E-state index < -0.39 is 0 Å². The molecule has 0 amide bonds. The summed E-state index contributed by atoms with van der Waals surface area (Å²) >= 11 is 0. The van der Waals surface area contributed by atoms with Gasteiger partial charge in [-0.2, -0.15) is 0 Å². The fraction of sp³-hybridized carbons (Fsp3) is 0.435. The van der Waals surface area contributed by atoms with Crippen LogP contribution in [-0.2, 0) is 18.4 Å². The highest BCUT2D eigenvalue weighted by Crippen LogP contribution is 2.42. The lowest BCUT2D eigenvalue weighted by Crippen LogP contribution is -2.37. The van der Waals surface area contributed by atoms with E-state index in [1.165, 1.54) is 22.4 Å². The summed E-state index contributed by atoms with van der Waals surface area (Å²) in [6, 6.07) is 15.1. The molecule has 0 unspecified atom stereocenters. The van der Waals surface area contributed by atoms with Crippen molar-refractivity contribution < 1.29 is 4.79 Å². The molecule has 2 nitrogen and oxygen atoms in total. The summed E-state index contributed by atoms with van der Waals surface area (Å²) in [5.74, 6) is 0.252. The van der Waals surface area contributed by atoms with E-state index in [1.807, 2.05) is 6.92 Å². The topological polar surface area (TPSA) is 20.3 Å². The molecule has 0 aromatic heterocycles. The summed E-state index contributed by atoms with van der Waals surface area (Å²) in [5, 5.41) is 0. The molecule has 3 rings (SSSR count). The van der Waals surface area contributed by atoms with Crippen LogP contribution in [0.2, 0.25) is 0 Å². The molecule has 1 aliphatic heterocycles. The highest BCUT2D eigenvalue weighted by molar-refractivity contribution is 5.98. The van der Waals surface area contributed by atoms with Crippen LogP contribution in [0.3, 0.4) is 0 Å². The van der Waals surface area contributed by atoms with Gasteiger partial charge in [0.2, 0.25) is 0 Å². The number of hydrogen-bond acceptors (Lipinski definition) is 2. The van der Waals surface area contributed by atoms with Gasteiger partial charge in [-0.3, -0.25) is 4.79 Å². The van der Waals surface area contributed by atoms with Crippen molar-refractivity contribution >= 4 is 11.5 Å². The van der Waals surface area contributed by atoms with E-state index in [0.717, 1.165) is 31.5 Å². The van der Waals surface area contributed by atoms with Crippen molar-refractivity contribution in [3.63, 3.8) is 0 Å². The molecule has 0 atom stereocenters. The minimum Gasteiger partial charge on any atom is -0.367 e. The van der Waals surface area contributed by atoms with Gasteiger partial charge in [-0.1, -0.05) is 64.1 Å². The second kappa shape index (κ2) is 7.03. The van der Waals surface area contributed by atoms with Crippen molar-refractivity contribution in [1.82, 2.24) is 0 Å². The van der Waals surface area contributed by atoms with E-state index in [9.17, 15) is 4.79 Å². The van der Waals surface area contributed by atoms with E-state index in [0.29, 0.717) is 6.42 Å². The fourth-order valence-corrected chi connectivity index (χ4v) is 3.82. The Labute approximate surface area is 151 Å². The molecule has 2 aromatic carbocycles. The third kappa shape index (κ3) is 3.49. The molecule has 1 aliphatic rings. The zero-order valence-electron chi connectivity index (χ0n) is 15.9. The van der Waals surface area contributed by atoms with Crippen LogP contribution in [0.5, 0.6) is 0 Å². The number of carbonyl (C=O) groups is 1. The quantitative estimate of drug-likeness (QED) is 0.670. The molecule has 0 saturated heterocycles. The Hall–Kier alpha value is -2.09. The maximum absolute atomic E-state index is 12.5. The zero-order chi connectivity index (χ0) is 18.0. The van der Waals surface area contributed by atoms with Gasteiger partial charge in [-0.05, 0) is 41.0 Å². The lowest BCUT2D eigenvalue weighted by atomic mass is 9.75. The first-order valence-electron chi connectivity index (χ1n) is 9.45. The number of aryl methyl sites for hydroxylation is 1. The van der Waals surface area contributed by atoms with Crippen LogP contribution in [0.4, 0.5) is 5.69 Å². The number of ketones is 1. The second-order valence-electron chi connectivity index (χ2n) is 7.70. The molecule has 0 aliphatic carbocycles. The minimum absolute atomic E-state index is 0.153. The smallest absolute Gasteiger partial charge is 0.162 e. The number of anilines is 1. The number of hydrogen-bond donors (Lipinski definition) is 0. The number of carbonyl (C=O) groups excluding carboxylic acids is 1. The first kappa shape index (κ1) is 17.7. The molecular weight excluding hydrogens is 306 g/mol. The highest BCUT2D eigenvalue weighted by Gasteiger charge is 2.32. The fourth-order valence-electron chi connectivity index (χ4n) is 3.82. The molecule has 2 heteroatoms. The standard InChI is InChI=1S/C23H29NO/c1-5-18-14-20-21(15-19(18)22(25)6-2)24(13-12-23(20,3)4)16-17-10-8-7-9-11-17/h7-11,14-15H,5-6,12-13,16H2,1-4H3. The van der Waals surface area contributed by atoms with Gasteiger partial charge >= 0.3 is 0 Å². The Kier molecular flexibility index (Phi) is 4.99. The summed E-state index contributed by atoms with van der Waals surface area (Å²) in [7, 11) is 0. The molecule has 1 heterocycles. The van der Waals surface area contributed by atoms with E-state index in [-0.39, 0.29) is 11.2 Å². The molecule has 0 N–H and O–H groups in total. The lowest BCUT2D eigenvalue weighted by molar-refractivity contribution is 0.0987. The Morgan fingerprint density at radius 2 is 1.84 bits per heavy atom. The average Bonchev–Trinajstić information content (AvgIpc) is 2.63. The van der Waals surface area contributed by atoms with Gasteiger partial charge in [0.25, 0.3) is 0 Å². The summed E-state index contributed by atoms with van der Waals surface area (Å²) in [6.45, 7) is 10.7. The predicted octanol–water partition coefficient (Wildman–Crippen LogP) is 5.53. The Bertz CT molecular complexity index is 761. The maximum atomic E-state index is 12.5. The number of nitrogens with zero attached hydrogens (tertiary/aromatic N) is 1. The Morgan fingerprint density at radius 3 is 2.48 bits per heavy atom. The molecule has 2 aromatic rings. The van der Waals surface area contributed by atoms with E-state index in [4.69, 9.17) is 0 Å². The minimum atomic E-state index is 0.153. The second-order valence-corrected chi connectivity index (χ2v) is 7.70. The molecule has 132 valence electrons. The lowest BCUT2D eigenvalue weighted by Gasteiger charge is -2.41. The van der Waals surface area contributed by atoms with Gasteiger partial charge in [-0.15, -0.1) is 0 Å². The first-order chi connectivity index (χ1) is 12.0. The van der Waals surface area contributed by atoms with Crippen molar-refractivity contribution in [2.75, 3.05) is 11.4 Å². The van der Waals surface area contributed by atoms with Gasteiger partial charge in [0.15, 0.2) is 5.78 Å². The molecule has 0 spiro atoms. The summed E-state index contributed by atoms with van der Waals surface area (Å²) in [6.07, 6.45) is 2.61. The van der Waals surface area contributed by atoms with E-state index in [2.05, 4.69) is 68.1 Å². The van der Waals surface area contributed by atoms with E-state index in [1.54, 1.807) is 0 Å². The Morgan fingerprint density at radius 1 is 1.12 bits per heavy atom. The van der Waals surface area contributed by atoms with Crippen LogP contribution in [0.1, 0.15) is 67.6 Å². The summed E-state index contributed by atoms with van der Waals surface area (Å²) in [5.41, 5.74) is 6.21. The largest absolute Gasteiger partial charge is 0.367 e. The van der Waals surface area contributed by atoms with Gasteiger partial charge in [0.1, 0.15) is 0 Å². The summed E-state index contributed by atoms with van der Waals surface area (Å²) in [4.78, 5) is 14.9. The molecule has 25 heavy (non-hydrogen) atoms. The molecule has 0 radical (unpaired) electrons. The van der Waals surface area contributed by atoms with Gasteiger partial charge in [0.05, 0.1) is 0 Å². The molecule has 0 bridgehead atoms. The number of Topliss-reactive ketones (excluding diaryl/α,β-unsaturated/α-hetero) is 1. The Balaban J connectivity index is 2.08. The molecular formula is C23H29NO. The van der Waals surface area contributed by atoms with Crippen molar-refractivity contribution in [1.29, 1.82) is 0 Å². The van der Waals surface area contributed by atoms with Crippen molar-refractivity contribution in [3.05, 3.63) is 64.7 Å². The van der Waals surface area contributed by atoms with Crippen LogP contribution < -0.4 is 4.90 Å². The van der Waals surface area contributed by atoms with E-state index >= 15 is 0 Å². The van der Waals surface area contributed by atoms with Crippen molar-refractivity contribution in [2.24, 2.45) is 0 Å². The normalized spacial score (nSPS) is 15.8. The van der Waals surface area contributed by atoms with Gasteiger partial charge < -0.3 is 4.90 Å². The van der Waals surface area contributed by atoms with Gasteiger partial charge in [-0.25, -0.2) is 0 Å². The average molecular weight is 335 g/mol. The maximum Gasteiger partial charge on any atom is 0.162 e. The summed E-state index contributed by atoms with van der Waals surface area (Å²) < 4.78 is 0. The van der Waals surface area contributed by atoms with Crippen LogP contribution in [0.15, 0.2) is 42.5 Å². The molecule has 0 fully saturated rings. The SMILES string of the molecule is CCC(=O)c1cc2c(cc1CC)C(C)(C)CCN2Cc1ccccc1.